The van der Waals surface area contributed by atoms with Gasteiger partial charge in [-0.2, -0.15) is 5.26 Å². The highest BCUT2D eigenvalue weighted by Gasteiger charge is 2.44. The lowest BCUT2D eigenvalue weighted by atomic mass is 9.95. The molecular weight excluding hydrogens is 254 g/mol. The summed E-state index contributed by atoms with van der Waals surface area (Å²) in [7, 11) is 0. The quantitative estimate of drug-likeness (QED) is 0.600. The van der Waals surface area contributed by atoms with Gasteiger partial charge in [0, 0.05) is 24.6 Å². The Morgan fingerprint density at radius 1 is 1.53 bits per heavy atom. The van der Waals surface area contributed by atoms with Gasteiger partial charge in [-0.05, 0) is 0 Å². The Hall–Kier alpha value is -1.95. The van der Waals surface area contributed by atoms with Crippen LogP contribution in [0, 0.1) is 17.2 Å². The van der Waals surface area contributed by atoms with E-state index in [9.17, 15) is 14.7 Å². The van der Waals surface area contributed by atoms with Crippen LogP contribution >= 0.6 is 0 Å². The van der Waals surface area contributed by atoms with Gasteiger partial charge >= 0.3 is 5.69 Å². The Bertz CT molecular complexity index is 601. The van der Waals surface area contributed by atoms with E-state index in [4.69, 9.17) is 15.1 Å². The van der Waals surface area contributed by atoms with Gasteiger partial charge in [-0.3, -0.25) is 14.3 Å². The Kier molecular flexibility index (Phi) is 3.80. The molecule has 0 aromatic carbocycles. The summed E-state index contributed by atoms with van der Waals surface area (Å²) in [6, 6.07) is 3.03. The van der Waals surface area contributed by atoms with Gasteiger partial charge in [0.25, 0.3) is 5.56 Å². The van der Waals surface area contributed by atoms with Gasteiger partial charge < -0.3 is 14.9 Å². The smallest absolute Gasteiger partial charge is 0.330 e. The van der Waals surface area contributed by atoms with Crippen molar-refractivity contribution in [3.05, 3.63) is 33.1 Å². The maximum Gasteiger partial charge on any atom is 0.330 e. The molecule has 8 nitrogen and oxygen atoms in total. The van der Waals surface area contributed by atoms with Crippen molar-refractivity contribution in [1.82, 2.24) is 9.55 Å². The highest BCUT2D eigenvalue weighted by Crippen LogP contribution is 2.34. The van der Waals surface area contributed by atoms with E-state index >= 15 is 0 Å². The molecule has 1 aromatic rings. The molecule has 8 heteroatoms. The van der Waals surface area contributed by atoms with Crippen LogP contribution in [0.2, 0.25) is 0 Å². The molecule has 1 aliphatic heterocycles. The number of nitrogens with one attached hydrogen (secondary N) is 1. The zero-order valence-corrected chi connectivity index (χ0v) is 9.89. The third-order valence-electron chi connectivity index (χ3n) is 3.15. The Morgan fingerprint density at radius 2 is 2.26 bits per heavy atom. The monoisotopic (exact) mass is 267 g/mol. The van der Waals surface area contributed by atoms with Crippen molar-refractivity contribution in [1.29, 1.82) is 5.26 Å². The third-order valence-corrected chi connectivity index (χ3v) is 3.15. The van der Waals surface area contributed by atoms with Crippen LogP contribution < -0.4 is 11.2 Å². The van der Waals surface area contributed by atoms with Crippen LogP contribution in [0.1, 0.15) is 12.6 Å². The van der Waals surface area contributed by atoms with Gasteiger partial charge in [0.15, 0.2) is 6.23 Å². The molecule has 0 aliphatic carbocycles. The minimum absolute atomic E-state index is 0.000989. The lowest BCUT2D eigenvalue weighted by molar-refractivity contribution is -0.0535. The molecule has 1 aliphatic rings. The van der Waals surface area contributed by atoms with Crippen molar-refractivity contribution in [3.8, 4) is 6.07 Å². The van der Waals surface area contributed by atoms with Crippen LogP contribution in [0.3, 0.4) is 0 Å². The zero-order valence-electron chi connectivity index (χ0n) is 9.89. The van der Waals surface area contributed by atoms with Crippen LogP contribution in [0.25, 0.3) is 0 Å². The van der Waals surface area contributed by atoms with Crippen molar-refractivity contribution in [2.75, 3.05) is 6.61 Å². The van der Waals surface area contributed by atoms with Crippen molar-refractivity contribution >= 4 is 0 Å². The molecule has 0 spiro atoms. The first kappa shape index (κ1) is 13.5. The van der Waals surface area contributed by atoms with Crippen LogP contribution in [-0.2, 0) is 4.74 Å². The molecular formula is C11H13N3O5. The SMILES string of the molecule is N#CCC1C(CO)OC(n2ccc(=O)[nH]c2=O)C1O. The highest BCUT2D eigenvalue weighted by atomic mass is 16.5. The molecule has 1 saturated heterocycles. The molecule has 2 heterocycles. The predicted octanol–water partition coefficient (Wildman–Crippen LogP) is -1.68. The van der Waals surface area contributed by atoms with Gasteiger partial charge in [-0.25, -0.2) is 4.79 Å². The normalized spacial score (nSPS) is 30.2. The van der Waals surface area contributed by atoms with E-state index in [1.165, 1.54) is 6.20 Å². The van der Waals surface area contributed by atoms with E-state index in [2.05, 4.69) is 0 Å². The maximum absolute atomic E-state index is 11.6. The number of aromatic amines is 1. The Balaban J connectivity index is 2.34. The summed E-state index contributed by atoms with van der Waals surface area (Å²) in [6.07, 6.45) is -1.65. The van der Waals surface area contributed by atoms with Crippen molar-refractivity contribution in [2.24, 2.45) is 5.92 Å². The number of rotatable bonds is 3. The summed E-state index contributed by atoms with van der Waals surface area (Å²) in [5, 5.41) is 27.9. The van der Waals surface area contributed by atoms with E-state index in [0.29, 0.717) is 0 Å². The van der Waals surface area contributed by atoms with Crippen molar-refractivity contribution in [2.45, 2.75) is 24.9 Å². The molecule has 1 aromatic heterocycles. The van der Waals surface area contributed by atoms with Gasteiger partial charge in [0.1, 0.15) is 6.10 Å². The molecule has 102 valence electrons. The largest absolute Gasteiger partial charge is 0.394 e. The van der Waals surface area contributed by atoms with Crippen LogP contribution in [0.5, 0.6) is 0 Å². The first-order chi connectivity index (χ1) is 9.08. The molecule has 19 heavy (non-hydrogen) atoms. The second kappa shape index (κ2) is 5.36. The van der Waals surface area contributed by atoms with Gasteiger partial charge in [0.2, 0.25) is 0 Å². The minimum Gasteiger partial charge on any atom is -0.394 e. The number of aliphatic hydroxyl groups excluding tert-OH is 2. The first-order valence-corrected chi connectivity index (χ1v) is 5.71. The number of H-pyrrole nitrogens is 1. The molecule has 4 unspecified atom stereocenters. The number of hydrogen-bond acceptors (Lipinski definition) is 6. The van der Waals surface area contributed by atoms with Crippen LogP contribution in [-0.4, -0.2) is 38.6 Å². The van der Waals surface area contributed by atoms with E-state index in [1.807, 2.05) is 11.1 Å². The number of nitriles is 1. The maximum atomic E-state index is 11.6. The van der Waals surface area contributed by atoms with Crippen LogP contribution in [0.15, 0.2) is 21.9 Å². The predicted molar refractivity (Wildman–Crippen MR) is 62.0 cm³/mol. The number of aliphatic hydroxyl groups is 2. The van der Waals surface area contributed by atoms with Crippen LogP contribution in [0.4, 0.5) is 0 Å². The molecule has 2 rings (SSSR count). The average Bonchev–Trinajstić information content (AvgIpc) is 2.68. The summed E-state index contributed by atoms with van der Waals surface area (Å²) in [5.74, 6) is -0.584. The van der Waals surface area contributed by atoms with Gasteiger partial charge in [-0.1, -0.05) is 0 Å². The second-order valence-electron chi connectivity index (χ2n) is 4.28. The fourth-order valence-corrected chi connectivity index (χ4v) is 2.19. The summed E-state index contributed by atoms with van der Waals surface area (Å²) >= 11 is 0. The zero-order chi connectivity index (χ0) is 14.0. The van der Waals surface area contributed by atoms with E-state index in [-0.39, 0.29) is 13.0 Å². The summed E-state index contributed by atoms with van der Waals surface area (Å²) in [6.45, 7) is -0.363. The summed E-state index contributed by atoms with van der Waals surface area (Å²) < 4.78 is 6.42. The average molecular weight is 267 g/mol. The van der Waals surface area contributed by atoms with E-state index in [0.717, 1.165) is 10.6 Å². The molecule has 1 fully saturated rings. The first-order valence-electron chi connectivity index (χ1n) is 5.71. The van der Waals surface area contributed by atoms with E-state index < -0.39 is 35.6 Å². The fraction of sp³-hybridized carbons (Fsp3) is 0.545. The summed E-state index contributed by atoms with van der Waals surface area (Å²) in [4.78, 5) is 24.6. The fourth-order valence-electron chi connectivity index (χ4n) is 2.19. The molecule has 3 N–H and O–H groups in total. The second-order valence-corrected chi connectivity index (χ2v) is 4.28. The van der Waals surface area contributed by atoms with Crippen molar-refractivity contribution in [3.63, 3.8) is 0 Å². The molecule has 0 saturated carbocycles. The molecule has 0 radical (unpaired) electrons. The number of ether oxygens (including phenoxy) is 1. The standard InChI is InChI=1S/C11H13N3O5/c12-3-1-6-7(5-15)19-10(9(6)17)14-4-2-8(16)13-11(14)18/h2,4,6-7,9-10,15,17H,1,5H2,(H,13,16,18). The number of nitrogens with zero attached hydrogens (tertiary/aromatic N) is 2. The number of aromatic nitrogens is 2. The Morgan fingerprint density at radius 3 is 2.84 bits per heavy atom. The minimum atomic E-state index is -1.11. The molecule has 0 bridgehead atoms. The highest BCUT2D eigenvalue weighted by molar-refractivity contribution is 4.95. The molecule has 4 atom stereocenters. The Labute approximate surface area is 107 Å². The number of hydrogen-bond donors (Lipinski definition) is 3. The lowest BCUT2D eigenvalue weighted by Gasteiger charge is -2.17. The third kappa shape index (κ3) is 2.44. The van der Waals surface area contributed by atoms with Gasteiger partial charge in [0.05, 0.1) is 18.8 Å². The summed E-state index contributed by atoms with van der Waals surface area (Å²) in [5.41, 5.74) is -1.27. The molecule has 0 amide bonds. The van der Waals surface area contributed by atoms with Crippen molar-refractivity contribution < 1.29 is 14.9 Å². The van der Waals surface area contributed by atoms with E-state index in [1.54, 1.807) is 0 Å². The topological polar surface area (TPSA) is 128 Å². The lowest BCUT2D eigenvalue weighted by Crippen LogP contribution is -2.36. The van der Waals surface area contributed by atoms with Gasteiger partial charge in [-0.15, -0.1) is 0 Å².